The lowest BCUT2D eigenvalue weighted by Crippen LogP contribution is -2.32. The summed E-state index contributed by atoms with van der Waals surface area (Å²) >= 11 is 5.78. The third kappa shape index (κ3) is 3.55. The van der Waals surface area contributed by atoms with Gasteiger partial charge < -0.3 is 5.11 Å². The molecule has 0 aliphatic rings. The van der Waals surface area contributed by atoms with Crippen molar-refractivity contribution in [3.63, 3.8) is 0 Å². The molecular weight excluding hydrogens is 338 g/mol. The predicted octanol–water partition coefficient (Wildman–Crippen LogP) is 3.42. The van der Waals surface area contributed by atoms with E-state index in [0.717, 1.165) is 4.31 Å². The van der Waals surface area contributed by atoms with Crippen molar-refractivity contribution in [3.8, 4) is 0 Å². The summed E-state index contributed by atoms with van der Waals surface area (Å²) in [4.78, 5) is 11.4. The van der Waals surface area contributed by atoms with Gasteiger partial charge in [-0.25, -0.2) is 13.2 Å². The SMILES string of the molecule is C=CCN(c1ccccc1C(=O)O)S(=O)(=O)c1ccc(Cl)cc1. The van der Waals surface area contributed by atoms with Crippen LogP contribution in [-0.2, 0) is 10.0 Å². The lowest BCUT2D eigenvalue weighted by atomic mass is 10.2. The van der Waals surface area contributed by atoms with Crippen molar-refractivity contribution in [1.29, 1.82) is 0 Å². The van der Waals surface area contributed by atoms with Gasteiger partial charge in [0.05, 0.1) is 22.7 Å². The van der Waals surface area contributed by atoms with Crippen LogP contribution in [0, 0.1) is 0 Å². The molecule has 120 valence electrons. The molecule has 7 heteroatoms. The standard InChI is InChI=1S/C16H14ClNO4S/c1-2-11-18(15-6-4-3-5-14(15)16(19)20)23(21,22)13-9-7-12(17)8-10-13/h2-10H,1,11H2,(H,19,20). The number of hydrogen-bond donors (Lipinski definition) is 1. The summed E-state index contributed by atoms with van der Waals surface area (Å²) in [5, 5.41) is 9.70. The lowest BCUT2D eigenvalue weighted by Gasteiger charge is -2.24. The van der Waals surface area contributed by atoms with Crippen molar-refractivity contribution in [2.24, 2.45) is 0 Å². The first-order valence-electron chi connectivity index (χ1n) is 6.59. The Morgan fingerprint density at radius 2 is 1.78 bits per heavy atom. The van der Waals surface area contributed by atoms with Gasteiger partial charge in [-0.1, -0.05) is 29.8 Å². The summed E-state index contributed by atoms with van der Waals surface area (Å²) in [7, 11) is -3.95. The maximum atomic E-state index is 12.9. The van der Waals surface area contributed by atoms with Gasteiger partial charge in [-0.15, -0.1) is 6.58 Å². The Labute approximate surface area is 139 Å². The number of aromatic carboxylic acids is 1. The molecule has 0 aliphatic heterocycles. The molecule has 0 unspecified atom stereocenters. The van der Waals surface area contributed by atoms with Crippen molar-refractivity contribution < 1.29 is 18.3 Å². The summed E-state index contributed by atoms with van der Waals surface area (Å²) in [6.07, 6.45) is 1.39. The molecule has 0 fully saturated rings. The van der Waals surface area contributed by atoms with E-state index >= 15 is 0 Å². The smallest absolute Gasteiger partial charge is 0.337 e. The zero-order chi connectivity index (χ0) is 17.0. The number of carboxylic acid groups (broad SMARTS) is 1. The van der Waals surface area contributed by atoms with Crippen LogP contribution in [0.1, 0.15) is 10.4 Å². The largest absolute Gasteiger partial charge is 0.478 e. The van der Waals surface area contributed by atoms with Crippen LogP contribution < -0.4 is 4.31 Å². The number of halogens is 1. The fourth-order valence-electron chi connectivity index (χ4n) is 2.05. The van der Waals surface area contributed by atoms with E-state index in [-0.39, 0.29) is 22.7 Å². The minimum Gasteiger partial charge on any atom is -0.478 e. The maximum Gasteiger partial charge on any atom is 0.337 e. The van der Waals surface area contributed by atoms with Gasteiger partial charge in [-0.2, -0.15) is 0 Å². The second kappa shape index (κ2) is 6.85. The molecule has 0 saturated heterocycles. The molecule has 1 N–H and O–H groups in total. The summed E-state index contributed by atoms with van der Waals surface area (Å²) in [5.41, 5.74) is -0.0262. The van der Waals surface area contributed by atoms with Gasteiger partial charge in [0.1, 0.15) is 0 Å². The fraction of sp³-hybridized carbons (Fsp3) is 0.0625. The first-order valence-corrected chi connectivity index (χ1v) is 8.41. The topological polar surface area (TPSA) is 74.7 Å². The molecule has 5 nitrogen and oxygen atoms in total. The van der Waals surface area contributed by atoms with Crippen LogP contribution >= 0.6 is 11.6 Å². The van der Waals surface area contributed by atoms with Crippen molar-refractivity contribution in [3.05, 3.63) is 71.8 Å². The Balaban J connectivity index is 2.61. The van der Waals surface area contributed by atoms with E-state index < -0.39 is 16.0 Å². The van der Waals surface area contributed by atoms with Crippen LogP contribution in [0.5, 0.6) is 0 Å². The monoisotopic (exact) mass is 351 g/mol. The third-order valence-electron chi connectivity index (χ3n) is 3.10. The number of benzene rings is 2. The summed E-state index contributed by atoms with van der Waals surface area (Å²) in [6, 6.07) is 11.6. The van der Waals surface area contributed by atoms with E-state index in [1.807, 2.05) is 0 Å². The third-order valence-corrected chi connectivity index (χ3v) is 5.15. The average Bonchev–Trinajstić information content (AvgIpc) is 2.53. The highest BCUT2D eigenvalue weighted by atomic mass is 35.5. The van der Waals surface area contributed by atoms with Crippen molar-refractivity contribution in [2.45, 2.75) is 4.90 Å². The number of hydrogen-bond acceptors (Lipinski definition) is 3. The van der Waals surface area contributed by atoms with Gasteiger partial charge in [0.15, 0.2) is 0 Å². The summed E-state index contributed by atoms with van der Waals surface area (Å²) in [6.45, 7) is 3.49. The molecule has 0 bridgehead atoms. The molecule has 0 amide bonds. The Kier molecular flexibility index (Phi) is 5.08. The van der Waals surface area contributed by atoms with E-state index in [1.54, 1.807) is 6.07 Å². The highest BCUT2D eigenvalue weighted by Gasteiger charge is 2.27. The lowest BCUT2D eigenvalue weighted by molar-refractivity contribution is 0.0698. The van der Waals surface area contributed by atoms with E-state index in [2.05, 4.69) is 6.58 Å². The quantitative estimate of drug-likeness (QED) is 0.809. The molecule has 2 aromatic rings. The number of para-hydroxylation sites is 1. The van der Waals surface area contributed by atoms with Crippen LogP contribution in [0.25, 0.3) is 0 Å². The molecule has 0 saturated carbocycles. The van der Waals surface area contributed by atoms with Gasteiger partial charge >= 0.3 is 5.97 Å². The van der Waals surface area contributed by atoms with Crippen molar-refractivity contribution >= 4 is 33.3 Å². The van der Waals surface area contributed by atoms with E-state index in [9.17, 15) is 18.3 Å². The molecular formula is C16H14ClNO4S. The summed E-state index contributed by atoms with van der Waals surface area (Å²) < 4.78 is 26.7. The number of carboxylic acids is 1. The zero-order valence-electron chi connectivity index (χ0n) is 12.0. The Hall–Kier alpha value is -2.31. The maximum absolute atomic E-state index is 12.9. The van der Waals surface area contributed by atoms with Gasteiger partial charge in [0, 0.05) is 5.02 Å². The predicted molar refractivity (Wildman–Crippen MR) is 89.6 cm³/mol. The molecule has 2 rings (SSSR count). The number of anilines is 1. The van der Waals surface area contributed by atoms with Gasteiger partial charge in [-0.05, 0) is 36.4 Å². The second-order valence-electron chi connectivity index (χ2n) is 4.60. The summed E-state index contributed by atoms with van der Waals surface area (Å²) in [5.74, 6) is -1.21. The van der Waals surface area contributed by atoms with Crippen LogP contribution in [0.4, 0.5) is 5.69 Å². The normalized spacial score (nSPS) is 11.0. The van der Waals surface area contributed by atoms with E-state index in [4.69, 9.17) is 11.6 Å². The average molecular weight is 352 g/mol. The molecule has 2 aromatic carbocycles. The van der Waals surface area contributed by atoms with Gasteiger partial charge in [0.25, 0.3) is 10.0 Å². The molecule has 0 atom stereocenters. The number of nitrogens with zero attached hydrogens (tertiary/aromatic N) is 1. The Morgan fingerprint density at radius 1 is 1.17 bits per heavy atom. The highest BCUT2D eigenvalue weighted by Crippen LogP contribution is 2.27. The highest BCUT2D eigenvalue weighted by molar-refractivity contribution is 7.92. The van der Waals surface area contributed by atoms with Gasteiger partial charge in [0.2, 0.25) is 0 Å². The molecule has 0 radical (unpaired) electrons. The first-order chi connectivity index (χ1) is 10.9. The van der Waals surface area contributed by atoms with Gasteiger partial charge in [-0.3, -0.25) is 4.31 Å². The Morgan fingerprint density at radius 3 is 2.35 bits per heavy atom. The fourth-order valence-corrected chi connectivity index (χ4v) is 3.63. The van der Waals surface area contributed by atoms with Crippen molar-refractivity contribution in [1.82, 2.24) is 0 Å². The first kappa shape index (κ1) is 17.1. The van der Waals surface area contributed by atoms with Crippen molar-refractivity contribution in [2.75, 3.05) is 10.8 Å². The second-order valence-corrected chi connectivity index (χ2v) is 6.90. The number of rotatable bonds is 6. The minimum absolute atomic E-state index is 0.0175. The molecule has 0 spiro atoms. The minimum atomic E-state index is -3.95. The van der Waals surface area contributed by atoms with E-state index in [1.165, 1.54) is 48.5 Å². The number of carbonyl (C=O) groups is 1. The van der Waals surface area contributed by atoms with Crippen LogP contribution in [-0.4, -0.2) is 26.0 Å². The number of sulfonamides is 1. The van der Waals surface area contributed by atoms with Crippen LogP contribution in [0.3, 0.4) is 0 Å². The zero-order valence-corrected chi connectivity index (χ0v) is 13.6. The van der Waals surface area contributed by atoms with E-state index in [0.29, 0.717) is 5.02 Å². The molecule has 0 aromatic heterocycles. The Bertz CT molecular complexity index is 831. The van der Waals surface area contributed by atoms with Crippen LogP contribution in [0.15, 0.2) is 66.1 Å². The van der Waals surface area contributed by atoms with Crippen LogP contribution in [0.2, 0.25) is 5.02 Å². The molecule has 0 aliphatic carbocycles. The molecule has 23 heavy (non-hydrogen) atoms. The molecule has 0 heterocycles.